The van der Waals surface area contributed by atoms with Crippen LogP contribution in [0.1, 0.15) is 12.7 Å². The summed E-state index contributed by atoms with van der Waals surface area (Å²) in [5, 5.41) is 14.7. The molecule has 0 aliphatic carbocycles. The number of hydrogen-bond acceptors (Lipinski definition) is 6. The van der Waals surface area contributed by atoms with E-state index in [2.05, 4.69) is 10.5 Å². The van der Waals surface area contributed by atoms with Crippen LogP contribution in [0.25, 0.3) is 6.08 Å². The van der Waals surface area contributed by atoms with E-state index < -0.39 is 10.8 Å². The summed E-state index contributed by atoms with van der Waals surface area (Å²) in [7, 11) is 0. The molecule has 0 saturated heterocycles. The van der Waals surface area contributed by atoms with Gasteiger partial charge in [0.25, 0.3) is 5.91 Å². The van der Waals surface area contributed by atoms with E-state index in [0.29, 0.717) is 11.5 Å². The SMILES string of the molecule is CC(/C=C/c1ccco1)=NNC(=O)COc1ccccc1[N+](=O)[O-]. The Labute approximate surface area is 137 Å². The average Bonchev–Trinajstić information content (AvgIpc) is 3.10. The summed E-state index contributed by atoms with van der Waals surface area (Å²) < 4.78 is 10.3. The first-order valence-electron chi connectivity index (χ1n) is 6.97. The third kappa shape index (κ3) is 5.09. The molecular weight excluding hydrogens is 314 g/mol. The number of carbonyl (C=O) groups excluding carboxylic acids is 1. The Bertz CT molecular complexity index is 766. The number of hydrogen-bond donors (Lipinski definition) is 1. The van der Waals surface area contributed by atoms with Crippen molar-refractivity contribution in [3.8, 4) is 5.75 Å². The maximum absolute atomic E-state index is 11.7. The molecule has 1 heterocycles. The third-order valence-corrected chi connectivity index (χ3v) is 2.81. The quantitative estimate of drug-likeness (QED) is 0.477. The van der Waals surface area contributed by atoms with Crippen LogP contribution in [0.4, 0.5) is 5.69 Å². The summed E-state index contributed by atoms with van der Waals surface area (Å²) in [6, 6.07) is 9.37. The second-order valence-corrected chi connectivity index (χ2v) is 4.65. The molecule has 1 aromatic carbocycles. The normalized spacial score (nSPS) is 11.5. The van der Waals surface area contributed by atoms with E-state index in [1.54, 1.807) is 43.5 Å². The van der Waals surface area contributed by atoms with Gasteiger partial charge in [-0.15, -0.1) is 0 Å². The number of nitro benzene ring substituents is 1. The van der Waals surface area contributed by atoms with Gasteiger partial charge in [0.2, 0.25) is 0 Å². The van der Waals surface area contributed by atoms with Crippen molar-refractivity contribution >= 4 is 23.4 Å². The third-order valence-electron chi connectivity index (χ3n) is 2.81. The van der Waals surface area contributed by atoms with Crippen LogP contribution in [-0.4, -0.2) is 23.1 Å². The number of furan rings is 1. The van der Waals surface area contributed by atoms with Gasteiger partial charge in [0.15, 0.2) is 12.4 Å². The zero-order chi connectivity index (χ0) is 17.4. The number of benzene rings is 1. The van der Waals surface area contributed by atoms with Crippen LogP contribution in [0.3, 0.4) is 0 Å². The first kappa shape index (κ1) is 16.9. The number of allylic oxidation sites excluding steroid dienone is 1. The fourth-order valence-corrected chi connectivity index (χ4v) is 1.68. The molecule has 8 nitrogen and oxygen atoms in total. The second-order valence-electron chi connectivity index (χ2n) is 4.65. The lowest BCUT2D eigenvalue weighted by Crippen LogP contribution is -2.25. The molecule has 1 N–H and O–H groups in total. The number of nitro groups is 1. The van der Waals surface area contributed by atoms with E-state index in [9.17, 15) is 14.9 Å². The summed E-state index contributed by atoms with van der Waals surface area (Å²) in [5.74, 6) is 0.158. The molecule has 0 aliphatic heterocycles. The summed E-state index contributed by atoms with van der Waals surface area (Å²) in [6.07, 6.45) is 4.92. The van der Waals surface area contributed by atoms with Gasteiger partial charge in [0.05, 0.1) is 16.9 Å². The standard InChI is InChI=1S/C16H15N3O5/c1-12(8-9-13-5-4-10-23-13)17-18-16(20)11-24-15-7-3-2-6-14(15)19(21)22/h2-10H,11H2,1H3,(H,18,20)/b9-8+,17-12?. The number of amides is 1. The molecule has 0 bridgehead atoms. The van der Waals surface area contributed by atoms with Gasteiger partial charge in [0.1, 0.15) is 5.76 Å². The summed E-state index contributed by atoms with van der Waals surface area (Å²) in [6.45, 7) is 1.31. The van der Waals surface area contributed by atoms with Crippen molar-refractivity contribution in [1.29, 1.82) is 0 Å². The Hall–Kier alpha value is -3.42. The van der Waals surface area contributed by atoms with Crippen LogP contribution in [-0.2, 0) is 4.79 Å². The maximum atomic E-state index is 11.7. The van der Waals surface area contributed by atoms with Gasteiger partial charge in [-0.2, -0.15) is 5.10 Å². The Morgan fingerprint density at radius 1 is 1.38 bits per heavy atom. The molecule has 8 heteroatoms. The van der Waals surface area contributed by atoms with Crippen LogP contribution in [0.5, 0.6) is 5.75 Å². The largest absolute Gasteiger partial charge is 0.477 e. The number of rotatable bonds is 7. The van der Waals surface area contributed by atoms with Crippen LogP contribution in [0, 0.1) is 10.1 Å². The first-order valence-corrected chi connectivity index (χ1v) is 6.97. The van der Waals surface area contributed by atoms with Crippen molar-refractivity contribution < 1.29 is 18.9 Å². The molecule has 24 heavy (non-hydrogen) atoms. The summed E-state index contributed by atoms with van der Waals surface area (Å²) in [5.41, 5.74) is 2.65. The monoisotopic (exact) mass is 329 g/mol. The number of ether oxygens (including phenoxy) is 1. The van der Waals surface area contributed by atoms with Crippen LogP contribution in [0.2, 0.25) is 0 Å². The highest BCUT2D eigenvalue weighted by Crippen LogP contribution is 2.25. The second kappa shape index (κ2) is 8.28. The highest BCUT2D eigenvalue weighted by atomic mass is 16.6. The average molecular weight is 329 g/mol. The van der Waals surface area contributed by atoms with E-state index in [-0.39, 0.29) is 18.0 Å². The smallest absolute Gasteiger partial charge is 0.310 e. The van der Waals surface area contributed by atoms with Gasteiger partial charge >= 0.3 is 5.69 Å². The van der Waals surface area contributed by atoms with E-state index >= 15 is 0 Å². The minimum Gasteiger partial charge on any atom is -0.477 e. The Balaban J connectivity index is 1.85. The fourth-order valence-electron chi connectivity index (χ4n) is 1.68. The molecule has 0 spiro atoms. The molecule has 0 atom stereocenters. The number of carbonyl (C=O) groups is 1. The molecule has 0 aliphatic rings. The molecule has 124 valence electrons. The molecule has 0 fully saturated rings. The van der Waals surface area contributed by atoms with E-state index in [0.717, 1.165) is 0 Å². The van der Waals surface area contributed by atoms with Crippen molar-refractivity contribution in [3.63, 3.8) is 0 Å². The molecule has 2 rings (SSSR count). The zero-order valence-electron chi connectivity index (χ0n) is 12.8. The predicted octanol–water partition coefficient (Wildman–Crippen LogP) is 2.77. The highest BCUT2D eigenvalue weighted by Gasteiger charge is 2.14. The van der Waals surface area contributed by atoms with Gasteiger partial charge < -0.3 is 9.15 Å². The minimum absolute atomic E-state index is 0.0241. The Kier molecular flexibility index (Phi) is 5.84. The zero-order valence-corrected chi connectivity index (χ0v) is 12.8. The lowest BCUT2D eigenvalue weighted by Gasteiger charge is -2.05. The van der Waals surface area contributed by atoms with Gasteiger partial charge in [0, 0.05) is 6.07 Å². The Morgan fingerprint density at radius 3 is 2.88 bits per heavy atom. The fraction of sp³-hybridized carbons (Fsp3) is 0.125. The van der Waals surface area contributed by atoms with Gasteiger partial charge in [-0.3, -0.25) is 14.9 Å². The Morgan fingerprint density at radius 2 is 2.17 bits per heavy atom. The van der Waals surface area contributed by atoms with Crippen molar-refractivity contribution in [2.45, 2.75) is 6.92 Å². The van der Waals surface area contributed by atoms with Crippen LogP contribution in [0.15, 0.2) is 58.3 Å². The predicted molar refractivity (Wildman–Crippen MR) is 87.6 cm³/mol. The van der Waals surface area contributed by atoms with E-state index in [1.165, 1.54) is 18.2 Å². The topological polar surface area (TPSA) is 107 Å². The first-order chi connectivity index (χ1) is 11.6. The van der Waals surface area contributed by atoms with Crippen molar-refractivity contribution in [2.24, 2.45) is 5.10 Å². The summed E-state index contributed by atoms with van der Waals surface area (Å²) in [4.78, 5) is 21.9. The molecule has 0 saturated carbocycles. The van der Waals surface area contributed by atoms with Gasteiger partial charge in [-0.25, -0.2) is 5.43 Å². The molecule has 0 unspecified atom stereocenters. The van der Waals surface area contributed by atoms with Gasteiger partial charge in [-0.1, -0.05) is 12.1 Å². The van der Waals surface area contributed by atoms with E-state index in [4.69, 9.17) is 9.15 Å². The molecule has 1 aromatic heterocycles. The van der Waals surface area contributed by atoms with Crippen molar-refractivity contribution in [1.82, 2.24) is 5.43 Å². The number of nitrogens with zero attached hydrogens (tertiary/aromatic N) is 2. The number of nitrogens with one attached hydrogen (secondary N) is 1. The molecular formula is C16H15N3O5. The van der Waals surface area contributed by atoms with E-state index in [1.807, 2.05) is 0 Å². The summed E-state index contributed by atoms with van der Waals surface area (Å²) >= 11 is 0. The minimum atomic E-state index is -0.574. The van der Waals surface area contributed by atoms with Crippen molar-refractivity contribution in [3.05, 3.63) is 64.6 Å². The number of hydrazone groups is 1. The molecule has 1 amide bonds. The molecule has 0 radical (unpaired) electrons. The number of para-hydroxylation sites is 2. The highest BCUT2D eigenvalue weighted by molar-refractivity contribution is 5.96. The van der Waals surface area contributed by atoms with Gasteiger partial charge in [-0.05, 0) is 37.3 Å². The van der Waals surface area contributed by atoms with Crippen molar-refractivity contribution in [2.75, 3.05) is 6.61 Å². The lowest BCUT2D eigenvalue weighted by molar-refractivity contribution is -0.385. The maximum Gasteiger partial charge on any atom is 0.310 e. The lowest BCUT2D eigenvalue weighted by atomic mass is 10.3. The molecule has 2 aromatic rings. The van der Waals surface area contributed by atoms with Crippen LogP contribution >= 0.6 is 0 Å². The van der Waals surface area contributed by atoms with Crippen LogP contribution < -0.4 is 10.2 Å².